The van der Waals surface area contributed by atoms with Crippen molar-refractivity contribution < 1.29 is 24.5 Å². The van der Waals surface area contributed by atoms with Crippen LogP contribution in [0.1, 0.15) is 252 Å². The largest absolute Gasteiger partial charge is 0.462 e. The van der Waals surface area contributed by atoms with Crippen molar-refractivity contribution in [2.45, 2.75) is 270 Å². The average molecular weight is 880 g/mol. The molecule has 6 nitrogen and oxygen atoms in total. The molecule has 0 aliphatic rings. The van der Waals surface area contributed by atoms with Crippen LogP contribution < -0.4 is 5.32 Å². The summed E-state index contributed by atoms with van der Waals surface area (Å²) in [6.45, 7) is 6.35. The fourth-order valence-corrected chi connectivity index (χ4v) is 7.77. The number of nitrogens with one attached hydrogen (secondary N) is 1. The van der Waals surface area contributed by atoms with Gasteiger partial charge in [0.2, 0.25) is 5.91 Å². The monoisotopic (exact) mass is 880 g/mol. The van der Waals surface area contributed by atoms with E-state index in [4.69, 9.17) is 4.74 Å². The molecule has 3 N–H and O–H groups in total. The Hall–Kier alpha value is -2.70. The van der Waals surface area contributed by atoms with Gasteiger partial charge in [0, 0.05) is 6.42 Å². The Balaban J connectivity index is 4.69. The summed E-state index contributed by atoms with van der Waals surface area (Å²) in [7, 11) is 0. The van der Waals surface area contributed by atoms with Crippen LogP contribution in [-0.2, 0) is 14.3 Å². The van der Waals surface area contributed by atoms with E-state index in [-0.39, 0.29) is 24.9 Å². The van der Waals surface area contributed by atoms with Gasteiger partial charge in [-0.15, -0.1) is 0 Å². The number of hydrogen-bond acceptors (Lipinski definition) is 5. The van der Waals surface area contributed by atoms with Gasteiger partial charge in [-0.2, -0.15) is 0 Å². The summed E-state index contributed by atoms with van der Waals surface area (Å²) in [5.74, 6) is -0.560. The number of allylic oxidation sites excluding steroid dienone is 12. The minimum atomic E-state index is -0.809. The van der Waals surface area contributed by atoms with Gasteiger partial charge in [0.25, 0.3) is 0 Å². The summed E-state index contributed by atoms with van der Waals surface area (Å²) in [6, 6.07) is -0.727. The van der Waals surface area contributed by atoms with Crippen molar-refractivity contribution in [3.63, 3.8) is 0 Å². The molecule has 0 heterocycles. The standard InChI is InChI=1S/C57H101NO5/c1-4-7-10-13-16-19-22-25-28-29-32-35-38-41-44-47-50-57(62)63-53(48-45-42-39-36-33-30-26-23-20-17-14-11-8-5-2)51-56(61)58-54(52-59)55(60)49-46-43-40-37-34-31-27-24-21-18-15-12-9-6-3/h8,11,17,20,26,28-30,32,35-36,39,53-55,59-60H,4-7,9-10,12-16,18-19,21-25,27,31,33-34,37-38,40-52H2,1-3H3,(H,58,61)/b11-8+,20-17+,29-28+,30-26+,35-32+,39-36+. The molecule has 0 aliphatic carbocycles. The van der Waals surface area contributed by atoms with Gasteiger partial charge in [0.1, 0.15) is 6.10 Å². The third kappa shape index (κ3) is 45.7. The van der Waals surface area contributed by atoms with E-state index < -0.39 is 18.2 Å². The normalized spacial score (nSPS) is 13.8. The molecule has 6 heteroatoms. The fourth-order valence-electron chi connectivity index (χ4n) is 7.77. The molecule has 0 saturated carbocycles. The van der Waals surface area contributed by atoms with Gasteiger partial charge in [0.05, 0.1) is 25.2 Å². The zero-order valence-corrected chi connectivity index (χ0v) is 41.4. The second kappa shape index (κ2) is 50.3. The number of amides is 1. The molecule has 0 aliphatic heterocycles. The van der Waals surface area contributed by atoms with Gasteiger partial charge in [0.15, 0.2) is 0 Å². The Bertz CT molecular complexity index is 1170. The third-order valence-corrected chi connectivity index (χ3v) is 11.8. The van der Waals surface area contributed by atoms with E-state index in [9.17, 15) is 19.8 Å². The van der Waals surface area contributed by atoms with Gasteiger partial charge in [-0.05, 0) is 83.5 Å². The second-order valence-electron chi connectivity index (χ2n) is 17.9. The molecule has 0 bridgehead atoms. The predicted molar refractivity (Wildman–Crippen MR) is 273 cm³/mol. The zero-order chi connectivity index (χ0) is 45.9. The highest BCUT2D eigenvalue weighted by molar-refractivity contribution is 5.77. The number of aliphatic hydroxyl groups is 2. The highest BCUT2D eigenvalue weighted by Crippen LogP contribution is 2.17. The second-order valence-corrected chi connectivity index (χ2v) is 17.9. The zero-order valence-electron chi connectivity index (χ0n) is 41.4. The highest BCUT2D eigenvalue weighted by atomic mass is 16.5. The van der Waals surface area contributed by atoms with E-state index >= 15 is 0 Å². The van der Waals surface area contributed by atoms with E-state index in [1.54, 1.807) is 0 Å². The summed E-state index contributed by atoms with van der Waals surface area (Å²) >= 11 is 0. The Kier molecular flexibility index (Phi) is 48.1. The smallest absolute Gasteiger partial charge is 0.306 e. The van der Waals surface area contributed by atoms with Gasteiger partial charge < -0.3 is 20.3 Å². The number of rotatable bonds is 47. The van der Waals surface area contributed by atoms with Crippen LogP contribution in [0.4, 0.5) is 0 Å². The van der Waals surface area contributed by atoms with Crippen molar-refractivity contribution in [1.29, 1.82) is 0 Å². The molecule has 0 fully saturated rings. The molecule has 0 radical (unpaired) electrons. The topological polar surface area (TPSA) is 95.9 Å². The molecule has 0 aromatic heterocycles. The van der Waals surface area contributed by atoms with Crippen LogP contribution in [0, 0.1) is 0 Å². The van der Waals surface area contributed by atoms with Crippen LogP contribution >= 0.6 is 0 Å². The minimum absolute atomic E-state index is 0.0271. The highest BCUT2D eigenvalue weighted by Gasteiger charge is 2.24. The Morgan fingerprint density at radius 3 is 1.41 bits per heavy atom. The first-order valence-corrected chi connectivity index (χ1v) is 26.7. The number of esters is 1. The third-order valence-electron chi connectivity index (χ3n) is 11.8. The average Bonchev–Trinajstić information content (AvgIpc) is 3.28. The lowest BCUT2D eigenvalue weighted by Crippen LogP contribution is -2.46. The van der Waals surface area contributed by atoms with Crippen LogP contribution in [0.2, 0.25) is 0 Å². The molecule has 364 valence electrons. The quantitative estimate of drug-likeness (QED) is 0.0245. The molecule has 3 unspecified atom stereocenters. The first kappa shape index (κ1) is 60.3. The first-order valence-electron chi connectivity index (χ1n) is 26.7. The number of carbonyl (C=O) groups excluding carboxylic acids is 2. The number of hydrogen-bond donors (Lipinski definition) is 3. The van der Waals surface area contributed by atoms with Crippen molar-refractivity contribution in [1.82, 2.24) is 5.32 Å². The van der Waals surface area contributed by atoms with Crippen LogP contribution in [0.15, 0.2) is 72.9 Å². The molecule has 0 spiro atoms. The number of ether oxygens (including phenoxy) is 1. The van der Waals surface area contributed by atoms with Crippen molar-refractivity contribution in [2.75, 3.05) is 6.61 Å². The Morgan fingerprint density at radius 1 is 0.492 bits per heavy atom. The summed E-state index contributed by atoms with van der Waals surface area (Å²) < 4.78 is 5.90. The maximum atomic E-state index is 13.2. The molecule has 0 aromatic carbocycles. The Labute approximate surface area is 390 Å². The molecule has 0 aromatic rings. The van der Waals surface area contributed by atoms with Crippen LogP contribution in [-0.4, -0.2) is 46.9 Å². The predicted octanol–water partition coefficient (Wildman–Crippen LogP) is 16.2. The van der Waals surface area contributed by atoms with E-state index in [1.807, 2.05) is 0 Å². The van der Waals surface area contributed by atoms with Gasteiger partial charge in [-0.25, -0.2) is 0 Å². The lowest BCUT2D eigenvalue weighted by molar-refractivity contribution is -0.151. The molecule has 3 atom stereocenters. The first-order chi connectivity index (χ1) is 31.0. The van der Waals surface area contributed by atoms with Crippen molar-refractivity contribution in [3.05, 3.63) is 72.9 Å². The minimum Gasteiger partial charge on any atom is -0.462 e. The van der Waals surface area contributed by atoms with Crippen LogP contribution in [0.3, 0.4) is 0 Å². The molecule has 0 rings (SSSR count). The summed E-state index contributed by atoms with van der Waals surface area (Å²) in [5.41, 5.74) is 0. The molecular formula is C57H101NO5. The van der Waals surface area contributed by atoms with Gasteiger partial charge >= 0.3 is 5.97 Å². The van der Waals surface area contributed by atoms with E-state index in [1.165, 1.54) is 116 Å². The van der Waals surface area contributed by atoms with Crippen LogP contribution in [0.25, 0.3) is 0 Å². The summed E-state index contributed by atoms with van der Waals surface area (Å²) in [6.07, 6.45) is 63.9. The summed E-state index contributed by atoms with van der Waals surface area (Å²) in [5, 5.41) is 23.8. The Morgan fingerprint density at radius 2 is 0.921 bits per heavy atom. The van der Waals surface area contributed by atoms with E-state index in [2.05, 4.69) is 99.0 Å². The van der Waals surface area contributed by atoms with Gasteiger partial charge in [-0.1, -0.05) is 229 Å². The summed E-state index contributed by atoms with van der Waals surface area (Å²) in [4.78, 5) is 26.2. The molecule has 0 saturated heterocycles. The number of aliphatic hydroxyl groups excluding tert-OH is 2. The van der Waals surface area contributed by atoms with Gasteiger partial charge in [-0.3, -0.25) is 9.59 Å². The maximum Gasteiger partial charge on any atom is 0.306 e. The van der Waals surface area contributed by atoms with Crippen LogP contribution in [0.5, 0.6) is 0 Å². The number of carbonyl (C=O) groups is 2. The molecule has 1 amide bonds. The lowest BCUT2D eigenvalue weighted by Gasteiger charge is -2.24. The van der Waals surface area contributed by atoms with Crippen molar-refractivity contribution in [3.8, 4) is 0 Å². The maximum absolute atomic E-state index is 13.2. The SMILES string of the molecule is CC/C=C/C/C=C/C/C=C/C/C=C/CCCC(CC(=O)NC(CO)C(O)CCCCCCCCCCCCCCCC)OC(=O)CCCCC/C=C/C=C/CCCCCCCCC. The van der Waals surface area contributed by atoms with Crippen molar-refractivity contribution in [2.24, 2.45) is 0 Å². The van der Waals surface area contributed by atoms with Crippen molar-refractivity contribution >= 4 is 11.9 Å². The number of unbranched alkanes of at least 4 members (excludes halogenated alkanes) is 24. The van der Waals surface area contributed by atoms with E-state index in [0.717, 1.165) is 89.9 Å². The fraction of sp³-hybridized carbons (Fsp3) is 0.754. The molecule has 63 heavy (non-hydrogen) atoms. The molecular weight excluding hydrogens is 779 g/mol. The van der Waals surface area contributed by atoms with E-state index in [0.29, 0.717) is 19.3 Å². The lowest BCUT2D eigenvalue weighted by atomic mass is 10.0.